The number of thioether (sulfide) groups is 1. The van der Waals surface area contributed by atoms with Crippen LogP contribution in [0.1, 0.15) is 16.1 Å². The molecule has 0 saturated carbocycles. The van der Waals surface area contributed by atoms with Crippen molar-refractivity contribution >= 4 is 17.7 Å². The summed E-state index contributed by atoms with van der Waals surface area (Å²) in [5.74, 6) is 0.338. The van der Waals surface area contributed by atoms with Gasteiger partial charge in [-0.3, -0.25) is 0 Å². The number of aromatic nitrogens is 3. The highest BCUT2D eigenvalue weighted by molar-refractivity contribution is 7.98. The van der Waals surface area contributed by atoms with Crippen LogP contribution >= 0.6 is 11.8 Å². The predicted octanol–water partition coefficient (Wildman–Crippen LogP) is 2.10. The van der Waals surface area contributed by atoms with Gasteiger partial charge in [-0.2, -0.15) is 11.8 Å². The first-order valence-corrected chi connectivity index (χ1v) is 7.25. The third kappa shape index (κ3) is 3.57. The van der Waals surface area contributed by atoms with E-state index in [9.17, 15) is 4.79 Å². The molecule has 0 spiro atoms. The second-order valence-electron chi connectivity index (χ2n) is 4.01. The molecule has 0 aliphatic rings. The summed E-state index contributed by atoms with van der Waals surface area (Å²) in [5.41, 5.74) is 2.25. The Morgan fingerprint density at radius 1 is 1.37 bits per heavy atom. The SMILES string of the molecule is CSCCOC(=O)c1cn(-c2ccc(C)cc2)nn1. The highest BCUT2D eigenvalue weighted by atomic mass is 32.2. The van der Waals surface area contributed by atoms with Crippen LogP contribution in [-0.2, 0) is 4.74 Å². The molecule has 0 fully saturated rings. The first-order chi connectivity index (χ1) is 9.20. The second-order valence-corrected chi connectivity index (χ2v) is 5.00. The minimum atomic E-state index is -0.438. The fourth-order valence-corrected chi connectivity index (χ4v) is 1.72. The molecule has 2 rings (SSSR count). The fourth-order valence-electron chi connectivity index (χ4n) is 1.47. The molecule has 100 valence electrons. The van der Waals surface area contributed by atoms with E-state index in [-0.39, 0.29) is 5.69 Å². The van der Waals surface area contributed by atoms with Crippen molar-refractivity contribution < 1.29 is 9.53 Å². The van der Waals surface area contributed by atoms with Gasteiger partial charge in [0.1, 0.15) is 6.61 Å². The summed E-state index contributed by atoms with van der Waals surface area (Å²) < 4.78 is 6.62. The quantitative estimate of drug-likeness (QED) is 0.619. The van der Waals surface area contributed by atoms with Crippen LogP contribution < -0.4 is 0 Å². The van der Waals surface area contributed by atoms with Crippen LogP contribution in [0.15, 0.2) is 30.5 Å². The first kappa shape index (κ1) is 13.6. The number of carbonyl (C=O) groups excluding carboxylic acids is 1. The van der Waals surface area contributed by atoms with Crippen LogP contribution in [0, 0.1) is 6.92 Å². The molecule has 6 heteroatoms. The number of ether oxygens (including phenoxy) is 1. The van der Waals surface area contributed by atoms with E-state index in [0.29, 0.717) is 6.61 Å². The minimum absolute atomic E-state index is 0.224. The van der Waals surface area contributed by atoms with E-state index in [1.165, 1.54) is 5.56 Å². The Hall–Kier alpha value is -1.82. The van der Waals surface area contributed by atoms with Crippen LogP contribution in [0.4, 0.5) is 0 Å². The summed E-state index contributed by atoms with van der Waals surface area (Å²) >= 11 is 1.62. The zero-order chi connectivity index (χ0) is 13.7. The van der Waals surface area contributed by atoms with Gasteiger partial charge >= 0.3 is 5.97 Å². The zero-order valence-corrected chi connectivity index (χ0v) is 11.7. The van der Waals surface area contributed by atoms with Gasteiger partial charge in [0.2, 0.25) is 0 Å². The number of benzene rings is 1. The molecule has 1 aromatic heterocycles. The lowest BCUT2D eigenvalue weighted by molar-refractivity contribution is 0.0523. The monoisotopic (exact) mass is 277 g/mol. The third-order valence-corrected chi connectivity index (χ3v) is 3.10. The molecule has 0 aliphatic heterocycles. The number of hydrogen-bond acceptors (Lipinski definition) is 5. The summed E-state index contributed by atoms with van der Waals surface area (Å²) in [5, 5.41) is 7.75. The van der Waals surface area contributed by atoms with Crippen LogP contribution in [0.2, 0.25) is 0 Å². The average molecular weight is 277 g/mol. The van der Waals surface area contributed by atoms with Crippen molar-refractivity contribution in [3.8, 4) is 5.69 Å². The molecular weight excluding hydrogens is 262 g/mol. The van der Waals surface area contributed by atoms with Gasteiger partial charge in [0.05, 0.1) is 11.9 Å². The van der Waals surface area contributed by atoms with E-state index in [1.54, 1.807) is 22.6 Å². The summed E-state index contributed by atoms with van der Waals surface area (Å²) in [4.78, 5) is 11.7. The van der Waals surface area contributed by atoms with Gasteiger partial charge in [-0.1, -0.05) is 22.9 Å². The molecule has 2 aromatic rings. The van der Waals surface area contributed by atoms with Gasteiger partial charge in [0.15, 0.2) is 5.69 Å². The highest BCUT2D eigenvalue weighted by Gasteiger charge is 2.12. The maximum absolute atomic E-state index is 11.7. The molecule has 0 aliphatic carbocycles. The molecule has 1 heterocycles. The number of rotatable bonds is 5. The molecule has 1 aromatic carbocycles. The maximum Gasteiger partial charge on any atom is 0.360 e. The summed E-state index contributed by atoms with van der Waals surface area (Å²) in [6, 6.07) is 7.81. The largest absolute Gasteiger partial charge is 0.460 e. The van der Waals surface area contributed by atoms with Gasteiger partial charge in [0, 0.05) is 5.75 Å². The lowest BCUT2D eigenvalue weighted by Crippen LogP contribution is -2.08. The maximum atomic E-state index is 11.7. The van der Waals surface area contributed by atoms with Gasteiger partial charge in [-0.05, 0) is 25.3 Å². The molecule has 0 N–H and O–H groups in total. The van der Waals surface area contributed by atoms with Crippen LogP contribution in [0.3, 0.4) is 0 Å². The molecule has 0 saturated heterocycles. The van der Waals surface area contributed by atoms with Crippen LogP contribution in [0.5, 0.6) is 0 Å². The number of carbonyl (C=O) groups is 1. The third-order valence-electron chi connectivity index (χ3n) is 2.52. The van der Waals surface area contributed by atoms with Gasteiger partial charge in [-0.15, -0.1) is 5.10 Å². The lowest BCUT2D eigenvalue weighted by atomic mass is 10.2. The smallest absolute Gasteiger partial charge is 0.360 e. The molecule has 0 unspecified atom stereocenters. The average Bonchev–Trinajstić information content (AvgIpc) is 2.89. The van der Waals surface area contributed by atoms with E-state index < -0.39 is 5.97 Å². The van der Waals surface area contributed by atoms with E-state index in [1.807, 2.05) is 37.4 Å². The van der Waals surface area contributed by atoms with Crippen molar-refractivity contribution in [2.75, 3.05) is 18.6 Å². The Balaban J connectivity index is 2.06. The van der Waals surface area contributed by atoms with E-state index in [4.69, 9.17) is 4.74 Å². The second kappa shape index (κ2) is 6.38. The number of hydrogen-bond donors (Lipinski definition) is 0. The van der Waals surface area contributed by atoms with Crippen molar-refractivity contribution in [2.24, 2.45) is 0 Å². The fraction of sp³-hybridized carbons (Fsp3) is 0.308. The molecule has 0 radical (unpaired) electrons. The number of esters is 1. The van der Waals surface area contributed by atoms with E-state index in [0.717, 1.165) is 11.4 Å². The number of nitrogens with zero attached hydrogens (tertiary/aromatic N) is 3. The van der Waals surface area contributed by atoms with Gasteiger partial charge in [0.25, 0.3) is 0 Å². The minimum Gasteiger partial charge on any atom is -0.460 e. The van der Waals surface area contributed by atoms with Gasteiger partial charge in [-0.25, -0.2) is 9.48 Å². The van der Waals surface area contributed by atoms with Gasteiger partial charge < -0.3 is 4.74 Å². The number of aryl methyl sites for hydroxylation is 1. The molecule has 0 amide bonds. The van der Waals surface area contributed by atoms with Crippen molar-refractivity contribution in [2.45, 2.75) is 6.92 Å². The summed E-state index contributed by atoms with van der Waals surface area (Å²) in [7, 11) is 0. The van der Waals surface area contributed by atoms with Crippen molar-refractivity contribution in [1.29, 1.82) is 0 Å². The van der Waals surface area contributed by atoms with Crippen molar-refractivity contribution in [3.63, 3.8) is 0 Å². The Morgan fingerprint density at radius 2 is 2.11 bits per heavy atom. The van der Waals surface area contributed by atoms with E-state index >= 15 is 0 Å². The lowest BCUT2D eigenvalue weighted by Gasteiger charge is -2.00. The van der Waals surface area contributed by atoms with Crippen LogP contribution in [0.25, 0.3) is 5.69 Å². The molecule has 0 bridgehead atoms. The van der Waals surface area contributed by atoms with E-state index in [2.05, 4.69) is 10.3 Å². The molecule has 19 heavy (non-hydrogen) atoms. The summed E-state index contributed by atoms with van der Waals surface area (Å²) in [6.45, 7) is 2.40. The summed E-state index contributed by atoms with van der Waals surface area (Å²) in [6.07, 6.45) is 3.54. The van der Waals surface area contributed by atoms with Crippen molar-refractivity contribution in [3.05, 3.63) is 41.7 Å². The standard InChI is InChI=1S/C13H15N3O2S/c1-10-3-5-11(6-4-10)16-9-12(14-15-16)13(17)18-7-8-19-2/h3-6,9H,7-8H2,1-2H3. The Morgan fingerprint density at radius 3 is 2.79 bits per heavy atom. The first-order valence-electron chi connectivity index (χ1n) is 5.86. The predicted molar refractivity (Wildman–Crippen MR) is 74.8 cm³/mol. The van der Waals surface area contributed by atoms with Crippen molar-refractivity contribution in [1.82, 2.24) is 15.0 Å². The molecular formula is C13H15N3O2S. The Bertz CT molecular complexity index is 551. The highest BCUT2D eigenvalue weighted by Crippen LogP contribution is 2.09. The normalized spacial score (nSPS) is 10.4. The zero-order valence-electron chi connectivity index (χ0n) is 10.9. The Labute approximate surface area is 116 Å². The Kier molecular flexibility index (Phi) is 4.57. The van der Waals surface area contributed by atoms with Crippen LogP contribution in [-0.4, -0.2) is 39.6 Å². The topological polar surface area (TPSA) is 57.0 Å². The molecule has 0 atom stereocenters. The molecule has 5 nitrogen and oxygen atoms in total.